The summed E-state index contributed by atoms with van der Waals surface area (Å²) in [5, 5.41) is 0. The normalized spacial score (nSPS) is 11.2. The Kier molecular flexibility index (Phi) is 3.13. The first-order valence-corrected chi connectivity index (χ1v) is 6.02. The Morgan fingerprint density at radius 2 is 1.79 bits per heavy atom. The molecule has 0 atom stereocenters. The molecule has 2 N–H and O–H groups in total. The minimum absolute atomic E-state index is 0.00684. The van der Waals surface area contributed by atoms with Crippen molar-refractivity contribution in [3.8, 4) is 0 Å². The first kappa shape index (κ1) is 11.0. The predicted octanol–water partition coefficient (Wildman–Crippen LogP) is 0.642. The minimum Gasteiger partial charge on any atom is -0.369 e. The number of hydrogen-bond acceptors (Lipinski definition) is 3. The third-order valence-corrected chi connectivity index (χ3v) is 2.95. The molecule has 0 aromatic heterocycles. The van der Waals surface area contributed by atoms with Gasteiger partial charge in [-0.3, -0.25) is 4.79 Å². The van der Waals surface area contributed by atoms with E-state index in [0.29, 0.717) is 5.56 Å². The monoisotopic (exact) mass is 233 g/mol. The number of hydrogen-bond donors (Lipinski definition) is 1. The van der Waals surface area contributed by atoms with Gasteiger partial charge >= 0.3 is 0 Å². The Hall–Kier alpha value is -1.07. The highest BCUT2D eigenvalue weighted by Gasteiger charge is 2.09. The Morgan fingerprint density at radius 3 is 2.14 bits per heavy atom. The van der Waals surface area contributed by atoms with Crippen molar-refractivity contribution in [2.45, 2.75) is 11.3 Å². The Labute approximate surface area is 86.1 Å². The lowest BCUT2D eigenvalue weighted by Gasteiger charge is -1.98. The summed E-state index contributed by atoms with van der Waals surface area (Å²) in [6.45, 7) is 0. The zero-order valence-electron chi connectivity index (χ0n) is 7.10. The van der Waals surface area contributed by atoms with Gasteiger partial charge in [0.15, 0.2) is 0 Å². The SMILES string of the molecule is NC(=O)Cc1ccc(S(=O)(=O)Cl)cc1. The summed E-state index contributed by atoms with van der Waals surface area (Å²) in [7, 11) is 1.41. The van der Waals surface area contributed by atoms with Crippen molar-refractivity contribution >= 4 is 25.6 Å². The minimum atomic E-state index is -3.69. The summed E-state index contributed by atoms with van der Waals surface area (Å²) in [5.74, 6) is -0.466. The van der Waals surface area contributed by atoms with Gasteiger partial charge in [-0.2, -0.15) is 0 Å². The standard InChI is InChI=1S/C8H8ClNO3S/c9-14(12,13)7-3-1-6(2-4-7)5-8(10)11/h1-4H,5H2,(H2,10,11). The van der Waals surface area contributed by atoms with Gasteiger partial charge < -0.3 is 5.73 Å². The lowest BCUT2D eigenvalue weighted by Crippen LogP contribution is -2.13. The van der Waals surface area contributed by atoms with Gasteiger partial charge in [-0.05, 0) is 17.7 Å². The molecule has 0 radical (unpaired) electrons. The second kappa shape index (κ2) is 3.98. The molecular formula is C8H8ClNO3S. The highest BCUT2D eigenvalue weighted by molar-refractivity contribution is 8.13. The summed E-state index contributed by atoms with van der Waals surface area (Å²) in [6.07, 6.45) is 0.0859. The van der Waals surface area contributed by atoms with Crippen LogP contribution in [0.1, 0.15) is 5.56 Å². The van der Waals surface area contributed by atoms with Gasteiger partial charge in [0, 0.05) is 10.7 Å². The number of nitrogens with two attached hydrogens (primary N) is 1. The van der Waals surface area contributed by atoms with Crippen molar-refractivity contribution in [1.82, 2.24) is 0 Å². The van der Waals surface area contributed by atoms with E-state index in [2.05, 4.69) is 0 Å². The third-order valence-electron chi connectivity index (χ3n) is 1.58. The number of benzene rings is 1. The zero-order valence-corrected chi connectivity index (χ0v) is 8.68. The maximum Gasteiger partial charge on any atom is 0.261 e. The largest absolute Gasteiger partial charge is 0.369 e. The van der Waals surface area contributed by atoms with Crippen LogP contribution in [0.2, 0.25) is 0 Å². The van der Waals surface area contributed by atoms with Gasteiger partial charge in [0.05, 0.1) is 11.3 Å². The molecule has 1 aromatic rings. The maximum atomic E-state index is 10.8. The molecule has 0 aliphatic heterocycles. The topological polar surface area (TPSA) is 77.2 Å². The average molecular weight is 234 g/mol. The molecule has 1 amide bonds. The number of primary amides is 1. The van der Waals surface area contributed by atoms with Gasteiger partial charge in [-0.15, -0.1) is 0 Å². The lowest BCUT2D eigenvalue weighted by atomic mass is 10.1. The average Bonchev–Trinajstić information content (AvgIpc) is 2.02. The summed E-state index contributed by atoms with van der Waals surface area (Å²) in [4.78, 5) is 10.5. The van der Waals surface area contributed by atoms with E-state index in [0.717, 1.165) is 0 Å². The molecule has 0 aliphatic carbocycles. The fraction of sp³-hybridized carbons (Fsp3) is 0.125. The Bertz CT molecular complexity index is 438. The highest BCUT2D eigenvalue weighted by Crippen LogP contribution is 2.15. The van der Waals surface area contributed by atoms with Crippen LogP contribution >= 0.6 is 10.7 Å². The van der Waals surface area contributed by atoms with Gasteiger partial charge in [0.1, 0.15) is 0 Å². The molecule has 0 unspecified atom stereocenters. The molecule has 4 nitrogen and oxygen atoms in total. The summed E-state index contributed by atoms with van der Waals surface area (Å²) >= 11 is 0. The summed E-state index contributed by atoms with van der Waals surface area (Å²) in [5.41, 5.74) is 5.62. The Morgan fingerprint density at radius 1 is 1.29 bits per heavy atom. The zero-order chi connectivity index (χ0) is 10.8. The van der Waals surface area contributed by atoms with Crippen LogP contribution in [0.15, 0.2) is 29.2 Å². The van der Waals surface area contributed by atoms with E-state index in [4.69, 9.17) is 16.4 Å². The number of carbonyl (C=O) groups is 1. The van der Waals surface area contributed by atoms with E-state index >= 15 is 0 Å². The first-order chi connectivity index (χ1) is 6.39. The van der Waals surface area contributed by atoms with E-state index in [-0.39, 0.29) is 11.3 Å². The molecule has 0 aliphatic rings. The fourth-order valence-electron chi connectivity index (χ4n) is 0.971. The van der Waals surface area contributed by atoms with Gasteiger partial charge in [0.2, 0.25) is 5.91 Å². The van der Waals surface area contributed by atoms with Crippen LogP contribution in [0.3, 0.4) is 0 Å². The van der Waals surface area contributed by atoms with Crippen molar-refractivity contribution < 1.29 is 13.2 Å². The van der Waals surface area contributed by atoms with E-state index in [9.17, 15) is 13.2 Å². The fourth-order valence-corrected chi connectivity index (χ4v) is 1.74. The second-order valence-corrected chi connectivity index (χ2v) is 5.29. The first-order valence-electron chi connectivity index (χ1n) is 3.71. The van der Waals surface area contributed by atoms with Crippen LogP contribution in [0.5, 0.6) is 0 Å². The van der Waals surface area contributed by atoms with E-state index in [1.807, 2.05) is 0 Å². The second-order valence-electron chi connectivity index (χ2n) is 2.72. The van der Waals surface area contributed by atoms with E-state index in [1.54, 1.807) is 0 Å². The lowest BCUT2D eigenvalue weighted by molar-refractivity contribution is -0.117. The molecule has 1 rings (SSSR count). The third kappa shape index (κ3) is 3.01. The van der Waals surface area contributed by atoms with E-state index < -0.39 is 15.0 Å². The van der Waals surface area contributed by atoms with Crippen LogP contribution in [0.25, 0.3) is 0 Å². The van der Waals surface area contributed by atoms with Crippen LogP contribution in [-0.4, -0.2) is 14.3 Å². The predicted molar refractivity (Wildman–Crippen MR) is 52.4 cm³/mol. The van der Waals surface area contributed by atoms with Crippen molar-refractivity contribution in [3.05, 3.63) is 29.8 Å². The maximum absolute atomic E-state index is 10.8. The number of amides is 1. The smallest absolute Gasteiger partial charge is 0.261 e. The van der Waals surface area contributed by atoms with Gasteiger partial charge in [-0.1, -0.05) is 12.1 Å². The molecule has 76 valence electrons. The summed E-state index contributed by atoms with van der Waals surface area (Å²) < 4.78 is 21.7. The molecule has 0 bridgehead atoms. The molecule has 1 aromatic carbocycles. The molecule has 0 saturated heterocycles. The Balaban J connectivity index is 2.95. The van der Waals surface area contributed by atoms with Crippen molar-refractivity contribution in [2.24, 2.45) is 5.73 Å². The molecule has 0 saturated carbocycles. The molecular weight excluding hydrogens is 226 g/mol. The molecule has 0 spiro atoms. The van der Waals surface area contributed by atoms with Crippen molar-refractivity contribution in [1.29, 1.82) is 0 Å². The molecule has 0 heterocycles. The van der Waals surface area contributed by atoms with Gasteiger partial charge in [-0.25, -0.2) is 8.42 Å². The van der Waals surface area contributed by atoms with Crippen LogP contribution in [-0.2, 0) is 20.3 Å². The number of halogens is 1. The molecule has 0 fully saturated rings. The van der Waals surface area contributed by atoms with Crippen LogP contribution < -0.4 is 5.73 Å². The number of carbonyl (C=O) groups excluding carboxylic acids is 1. The van der Waals surface area contributed by atoms with Crippen LogP contribution in [0.4, 0.5) is 0 Å². The van der Waals surface area contributed by atoms with Crippen molar-refractivity contribution in [3.63, 3.8) is 0 Å². The van der Waals surface area contributed by atoms with E-state index in [1.165, 1.54) is 24.3 Å². The molecule has 6 heteroatoms. The number of rotatable bonds is 3. The van der Waals surface area contributed by atoms with Crippen molar-refractivity contribution in [2.75, 3.05) is 0 Å². The van der Waals surface area contributed by atoms with Gasteiger partial charge in [0.25, 0.3) is 9.05 Å². The highest BCUT2D eigenvalue weighted by atomic mass is 35.7. The quantitative estimate of drug-likeness (QED) is 0.779. The summed E-state index contributed by atoms with van der Waals surface area (Å²) in [6, 6.07) is 5.67. The molecule has 14 heavy (non-hydrogen) atoms. The van der Waals surface area contributed by atoms with Crippen LogP contribution in [0, 0.1) is 0 Å².